The summed E-state index contributed by atoms with van der Waals surface area (Å²) in [7, 11) is 1.71. The van der Waals surface area contributed by atoms with Gasteiger partial charge in [-0.15, -0.1) is 0 Å². The van der Waals surface area contributed by atoms with Crippen LogP contribution in [0.5, 0.6) is 0 Å². The van der Waals surface area contributed by atoms with E-state index in [4.69, 9.17) is 4.74 Å². The highest BCUT2D eigenvalue weighted by Gasteiger charge is 2.37. The van der Waals surface area contributed by atoms with E-state index in [1.54, 1.807) is 13.3 Å². The van der Waals surface area contributed by atoms with Crippen LogP contribution < -0.4 is 10.6 Å². The van der Waals surface area contributed by atoms with E-state index in [-0.39, 0.29) is 11.5 Å². The number of ether oxygens (including phenoxy) is 1. The fourth-order valence-electron chi connectivity index (χ4n) is 2.44. The van der Waals surface area contributed by atoms with Gasteiger partial charge in [-0.25, -0.2) is 0 Å². The molecule has 1 aliphatic rings. The van der Waals surface area contributed by atoms with Crippen LogP contribution in [0.25, 0.3) is 0 Å². The number of aryl methyl sites for hydroxylation is 1. The van der Waals surface area contributed by atoms with Crippen LogP contribution in [-0.4, -0.2) is 36.7 Å². The maximum Gasteiger partial charge on any atom is 0.255 e. The fourth-order valence-corrected chi connectivity index (χ4v) is 2.44. The third-order valence-corrected chi connectivity index (χ3v) is 3.92. The van der Waals surface area contributed by atoms with Crippen LogP contribution in [0.4, 0.5) is 5.69 Å². The predicted molar refractivity (Wildman–Crippen MR) is 79.1 cm³/mol. The first-order valence-corrected chi connectivity index (χ1v) is 7.14. The Morgan fingerprint density at radius 1 is 1.50 bits per heavy atom. The van der Waals surface area contributed by atoms with E-state index in [0.717, 1.165) is 30.8 Å². The molecule has 0 radical (unpaired) electrons. The number of hydrogen-bond donors (Lipinski definition) is 2. The molecule has 2 N–H and O–H groups in total. The smallest absolute Gasteiger partial charge is 0.255 e. The highest BCUT2D eigenvalue weighted by molar-refractivity contribution is 5.99. The number of carbonyl (C=O) groups excluding carboxylic acids is 1. The van der Waals surface area contributed by atoms with Crippen LogP contribution in [0.1, 0.15) is 42.2 Å². The first-order valence-electron chi connectivity index (χ1n) is 7.14. The molecule has 0 aliphatic heterocycles. The van der Waals surface area contributed by atoms with Crippen LogP contribution in [0.2, 0.25) is 0 Å². The largest absolute Gasteiger partial charge is 0.385 e. The molecule has 5 heteroatoms. The molecular formula is C15H23N3O2. The third-order valence-electron chi connectivity index (χ3n) is 3.92. The zero-order valence-corrected chi connectivity index (χ0v) is 12.5. The van der Waals surface area contributed by atoms with Crippen molar-refractivity contribution in [2.45, 2.75) is 38.7 Å². The number of rotatable bonds is 6. The van der Waals surface area contributed by atoms with Crippen molar-refractivity contribution in [3.8, 4) is 0 Å². The number of methoxy groups -OCH3 is 1. The lowest BCUT2D eigenvalue weighted by molar-refractivity contribution is -0.0679. The standard InChI is InChI=1S/C15H23N3O2/c1-4-16-13-8-11(2)17-9-12(13)14(19)18-10-15(20-3)6-5-7-15/h8-9H,4-7,10H2,1-3H3,(H,16,17)(H,18,19). The first kappa shape index (κ1) is 14.8. The predicted octanol–water partition coefficient (Wildman–Crippen LogP) is 2.12. The summed E-state index contributed by atoms with van der Waals surface area (Å²) >= 11 is 0. The summed E-state index contributed by atoms with van der Waals surface area (Å²) in [5.74, 6) is -0.100. The van der Waals surface area contributed by atoms with E-state index in [9.17, 15) is 4.79 Å². The molecule has 0 saturated heterocycles. The lowest BCUT2D eigenvalue weighted by Crippen LogP contribution is -2.49. The molecule has 0 unspecified atom stereocenters. The van der Waals surface area contributed by atoms with E-state index in [1.165, 1.54) is 6.42 Å². The second-order valence-corrected chi connectivity index (χ2v) is 5.32. The van der Waals surface area contributed by atoms with Crippen molar-refractivity contribution in [3.63, 3.8) is 0 Å². The van der Waals surface area contributed by atoms with E-state index in [0.29, 0.717) is 12.1 Å². The van der Waals surface area contributed by atoms with Gasteiger partial charge in [0.05, 0.1) is 16.9 Å². The SMILES string of the molecule is CCNc1cc(C)ncc1C(=O)NCC1(OC)CCC1. The molecule has 0 bridgehead atoms. The van der Waals surface area contributed by atoms with Gasteiger partial charge in [-0.1, -0.05) is 0 Å². The number of nitrogens with one attached hydrogen (secondary N) is 2. The Morgan fingerprint density at radius 3 is 2.80 bits per heavy atom. The second-order valence-electron chi connectivity index (χ2n) is 5.32. The molecule has 5 nitrogen and oxygen atoms in total. The molecule has 0 atom stereocenters. The van der Waals surface area contributed by atoms with Crippen LogP contribution in [0.15, 0.2) is 12.3 Å². The average Bonchev–Trinajstić information content (AvgIpc) is 2.38. The second kappa shape index (κ2) is 6.22. The van der Waals surface area contributed by atoms with Crippen molar-refractivity contribution < 1.29 is 9.53 Å². The molecule has 20 heavy (non-hydrogen) atoms. The van der Waals surface area contributed by atoms with Crippen molar-refractivity contribution in [2.24, 2.45) is 0 Å². The Balaban J connectivity index is 2.05. The van der Waals surface area contributed by atoms with Gasteiger partial charge < -0.3 is 15.4 Å². The molecule has 2 rings (SSSR count). The molecule has 1 aromatic rings. The Hall–Kier alpha value is -1.62. The molecule has 110 valence electrons. The van der Waals surface area contributed by atoms with Gasteiger partial charge in [-0.05, 0) is 39.2 Å². The monoisotopic (exact) mass is 277 g/mol. The van der Waals surface area contributed by atoms with Gasteiger partial charge >= 0.3 is 0 Å². The van der Waals surface area contributed by atoms with E-state index in [2.05, 4.69) is 15.6 Å². The fraction of sp³-hybridized carbons (Fsp3) is 0.600. The Kier molecular flexibility index (Phi) is 4.60. The van der Waals surface area contributed by atoms with Gasteiger partial charge in [0, 0.05) is 32.1 Å². The van der Waals surface area contributed by atoms with E-state index >= 15 is 0 Å². The van der Waals surface area contributed by atoms with Crippen molar-refractivity contribution in [2.75, 3.05) is 25.5 Å². The molecule has 1 aromatic heterocycles. The normalized spacial score (nSPS) is 16.4. The maximum absolute atomic E-state index is 12.3. The minimum atomic E-state index is -0.161. The molecule has 1 amide bonds. The number of anilines is 1. The van der Waals surface area contributed by atoms with E-state index in [1.807, 2.05) is 19.9 Å². The van der Waals surface area contributed by atoms with Gasteiger partial charge in [0.15, 0.2) is 0 Å². The summed E-state index contributed by atoms with van der Waals surface area (Å²) in [5, 5.41) is 6.17. The zero-order chi connectivity index (χ0) is 14.6. The van der Waals surface area contributed by atoms with Crippen LogP contribution >= 0.6 is 0 Å². The first-order chi connectivity index (χ1) is 9.60. The number of carbonyl (C=O) groups is 1. The number of nitrogens with zero attached hydrogens (tertiary/aromatic N) is 1. The van der Waals surface area contributed by atoms with Crippen molar-refractivity contribution in [1.29, 1.82) is 0 Å². The molecule has 0 spiro atoms. The summed E-state index contributed by atoms with van der Waals surface area (Å²) in [6, 6.07) is 1.90. The Bertz CT molecular complexity index is 478. The minimum absolute atomic E-state index is 0.100. The van der Waals surface area contributed by atoms with Gasteiger partial charge in [0.2, 0.25) is 0 Å². The lowest BCUT2D eigenvalue weighted by Gasteiger charge is -2.40. The van der Waals surface area contributed by atoms with Crippen LogP contribution in [0, 0.1) is 6.92 Å². The molecular weight excluding hydrogens is 254 g/mol. The van der Waals surface area contributed by atoms with Crippen molar-refractivity contribution in [3.05, 3.63) is 23.5 Å². The summed E-state index contributed by atoms with van der Waals surface area (Å²) in [6.45, 7) is 5.25. The topological polar surface area (TPSA) is 63.2 Å². The molecule has 1 saturated carbocycles. The minimum Gasteiger partial charge on any atom is -0.385 e. The van der Waals surface area contributed by atoms with Crippen LogP contribution in [-0.2, 0) is 4.74 Å². The highest BCUT2D eigenvalue weighted by atomic mass is 16.5. The number of aromatic nitrogens is 1. The quantitative estimate of drug-likeness (QED) is 0.836. The van der Waals surface area contributed by atoms with Crippen LogP contribution in [0.3, 0.4) is 0 Å². The number of pyridine rings is 1. The zero-order valence-electron chi connectivity index (χ0n) is 12.5. The third kappa shape index (κ3) is 3.10. The summed E-state index contributed by atoms with van der Waals surface area (Å²) < 4.78 is 5.51. The van der Waals surface area contributed by atoms with Crippen molar-refractivity contribution >= 4 is 11.6 Å². The molecule has 1 aliphatic carbocycles. The van der Waals surface area contributed by atoms with Gasteiger partial charge in [-0.3, -0.25) is 9.78 Å². The summed E-state index contributed by atoms with van der Waals surface area (Å²) in [6.07, 6.45) is 4.81. The Morgan fingerprint density at radius 2 is 2.25 bits per heavy atom. The highest BCUT2D eigenvalue weighted by Crippen LogP contribution is 2.34. The molecule has 1 heterocycles. The van der Waals surface area contributed by atoms with Gasteiger partial charge in [0.1, 0.15) is 0 Å². The molecule has 1 fully saturated rings. The summed E-state index contributed by atoms with van der Waals surface area (Å²) in [4.78, 5) is 16.5. The molecule has 0 aromatic carbocycles. The van der Waals surface area contributed by atoms with E-state index < -0.39 is 0 Å². The number of amides is 1. The van der Waals surface area contributed by atoms with Gasteiger partial charge in [-0.2, -0.15) is 0 Å². The average molecular weight is 277 g/mol. The lowest BCUT2D eigenvalue weighted by atomic mass is 9.80. The van der Waals surface area contributed by atoms with Gasteiger partial charge in [0.25, 0.3) is 5.91 Å². The Labute approximate surface area is 120 Å². The van der Waals surface area contributed by atoms with Crippen molar-refractivity contribution in [1.82, 2.24) is 10.3 Å². The summed E-state index contributed by atoms with van der Waals surface area (Å²) in [5.41, 5.74) is 2.15. The number of hydrogen-bond acceptors (Lipinski definition) is 4. The maximum atomic E-state index is 12.3.